The predicted octanol–water partition coefficient (Wildman–Crippen LogP) is 3.62. The predicted molar refractivity (Wildman–Crippen MR) is 93.0 cm³/mol. The van der Waals surface area contributed by atoms with Gasteiger partial charge in [0.25, 0.3) is 5.69 Å². The minimum absolute atomic E-state index is 0.0433. The van der Waals surface area contributed by atoms with Crippen LogP contribution in [0.1, 0.15) is 5.56 Å². The van der Waals surface area contributed by atoms with Crippen molar-refractivity contribution >= 4 is 34.6 Å². The van der Waals surface area contributed by atoms with Crippen LogP contribution < -0.4 is 15.4 Å². The van der Waals surface area contributed by atoms with E-state index in [1.54, 1.807) is 37.3 Å². The van der Waals surface area contributed by atoms with Gasteiger partial charge in [0.1, 0.15) is 5.75 Å². The monoisotopic (exact) mass is 349 g/mol. The van der Waals surface area contributed by atoms with E-state index in [0.29, 0.717) is 27.7 Å². The highest BCUT2D eigenvalue weighted by Gasteiger charge is 2.12. The van der Waals surface area contributed by atoms with Gasteiger partial charge in [-0.3, -0.25) is 14.9 Å². The maximum Gasteiger partial charge on any atom is 0.274 e. The molecule has 0 aliphatic rings. The van der Waals surface area contributed by atoms with Gasteiger partial charge in [-0.05, 0) is 31.2 Å². The van der Waals surface area contributed by atoms with Crippen LogP contribution in [0.15, 0.2) is 36.4 Å². The molecule has 2 N–H and O–H groups in total. The summed E-state index contributed by atoms with van der Waals surface area (Å²) in [5.74, 6) is 0.202. The lowest BCUT2D eigenvalue weighted by molar-refractivity contribution is -0.385. The van der Waals surface area contributed by atoms with Crippen LogP contribution in [0.25, 0.3) is 0 Å². The number of ether oxygens (including phenoxy) is 1. The minimum atomic E-state index is -0.486. The first kappa shape index (κ1) is 17.6. The molecule has 2 aromatic rings. The Labute approximate surface area is 143 Å². The fourth-order valence-electron chi connectivity index (χ4n) is 2.08. The number of nitrogens with zero attached hydrogens (tertiary/aromatic N) is 1. The van der Waals surface area contributed by atoms with Gasteiger partial charge in [-0.25, -0.2) is 0 Å². The van der Waals surface area contributed by atoms with Gasteiger partial charge >= 0.3 is 0 Å². The summed E-state index contributed by atoms with van der Waals surface area (Å²) in [7, 11) is 1.51. The van der Waals surface area contributed by atoms with Crippen molar-refractivity contribution in [2.45, 2.75) is 6.92 Å². The lowest BCUT2D eigenvalue weighted by Crippen LogP contribution is -2.22. The van der Waals surface area contributed by atoms with Crippen molar-refractivity contribution in [3.8, 4) is 5.75 Å². The van der Waals surface area contributed by atoms with E-state index in [1.807, 2.05) is 0 Å². The van der Waals surface area contributed by atoms with Gasteiger partial charge in [0.15, 0.2) is 0 Å². The summed E-state index contributed by atoms with van der Waals surface area (Å²) in [6.45, 7) is 1.59. The number of carbonyl (C=O) groups excluding carboxylic acids is 1. The summed E-state index contributed by atoms with van der Waals surface area (Å²) < 4.78 is 5.18. The third-order valence-electron chi connectivity index (χ3n) is 3.29. The Morgan fingerprint density at radius 1 is 1.29 bits per heavy atom. The first-order chi connectivity index (χ1) is 11.4. The molecule has 24 heavy (non-hydrogen) atoms. The molecule has 0 atom stereocenters. The van der Waals surface area contributed by atoms with E-state index in [1.165, 1.54) is 13.2 Å². The molecule has 0 aromatic heterocycles. The van der Waals surface area contributed by atoms with Crippen molar-refractivity contribution in [2.75, 3.05) is 24.3 Å². The molecule has 0 saturated carbocycles. The Morgan fingerprint density at radius 3 is 2.71 bits per heavy atom. The fourth-order valence-corrected chi connectivity index (χ4v) is 2.25. The summed E-state index contributed by atoms with van der Waals surface area (Å²) in [5.41, 5.74) is 1.42. The van der Waals surface area contributed by atoms with Gasteiger partial charge < -0.3 is 15.4 Å². The molecule has 126 valence electrons. The van der Waals surface area contributed by atoms with E-state index in [-0.39, 0.29) is 18.1 Å². The number of halogens is 1. The van der Waals surface area contributed by atoms with Gasteiger partial charge in [0.05, 0.1) is 24.3 Å². The minimum Gasteiger partial charge on any atom is -0.495 e. The zero-order chi connectivity index (χ0) is 17.7. The van der Waals surface area contributed by atoms with E-state index >= 15 is 0 Å². The standard InChI is InChI=1S/C16H16ClN3O4/c1-10-3-5-12(8-14(10)20(22)23)19-16(21)9-18-13-7-11(17)4-6-15(13)24-2/h3-8,18H,9H2,1-2H3,(H,19,21). The molecule has 1 amide bonds. The van der Waals surface area contributed by atoms with E-state index < -0.39 is 4.92 Å². The van der Waals surface area contributed by atoms with Crippen molar-refractivity contribution < 1.29 is 14.5 Å². The van der Waals surface area contributed by atoms with Crippen molar-refractivity contribution in [3.63, 3.8) is 0 Å². The zero-order valence-corrected chi connectivity index (χ0v) is 13.9. The number of nitro groups is 1. The summed E-state index contributed by atoms with van der Waals surface area (Å²) in [5, 5.41) is 17.0. The zero-order valence-electron chi connectivity index (χ0n) is 13.1. The molecule has 0 aliphatic heterocycles. The number of rotatable bonds is 6. The number of aryl methyl sites for hydroxylation is 1. The number of carbonyl (C=O) groups is 1. The molecule has 0 bridgehead atoms. The SMILES string of the molecule is COc1ccc(Cl)cc1NCC(=O)Nc1ccc(C)c([N+](=O)[O-])c1. The maximum absolute atomic E-state index is 12.0. The molecule has 0 radical (unpaired) electrons. The molecule has 2 rings (SSSR count). The highest BCUT2D eigenvalue weighted by atomic mass is 35.5. The molecule has 0 aliphatic carbocycles. The first-order valence-corrected chi connectivity index (χ1v) is 7.41. The number of anilines is 2. The van der Waals surface area contributed by atoms with Crippen molar-refractivity contribution in [1.82, 2.24) is 0 Å². The number of methoxy groups -OCH3 is 1. The summed E-state index contributed by atoms with van der Waals surface area (Å²) in [4.78, 5) is 22.5. The number of benzene rings is 2. The second-order valence-corrected chi connectivity index (χ2v) is 5.44. The molecule has 8 heteroatoms. The van der Waals surface area contributed by atoms with Gasteiger partial charge in [-0.15, -0.1) is 0 Å². The molecule has 0 unspecified atom stereocenters. The van der Waals surface area contributed by atoms with Crippen LogP contribution in [-0.4, -0.2) is 24.5 Å². The second-order valence-electron chi connectivity index (χ2n) is 5.00. The van der Waals surface area contributed by atoms with Crippen LogP contribution in [0.4, 0.5) is 17.1 Å². The number of hydrogen-bond donors (Lipinski definition) is 2. The van der Waals surface area contributed by atoms with Crippen LogP contribution >= 0.6 is 11.6 Å². The quantitative estimate of drug-likeness (QED) is 0.613. The van der Waals surface area contributed by atoms with Crippen molar-refractivity contribution in [3.05, 3.63) is 57.1 Å². The largest absolute Gasteiger partial charge is 0.495 e. The molecule has 7 nitrogen and oxygen atoms in total. The molecule has 0 spiro atoms. The number of hydrogen-bond acceptors (Lipinski definition) is 5. The van der Waals surface area contributed by atoms with Crippen LogP contribution in [0, 0.1) is 17.0 Å². The summed E-state index contributed by atoms with van der Waals surface area (Å²) >= 11 is 5.92. The van der Waals surface area contributed by atoms with Gasteiger partial charge in [0, 0.05) is 22.3 Å². The third kappa shape index (κ3) is 4.36. The lowest BCUT2D eigenvalue weighted by Gasteiger charge is -2.12. The average molecular weight is 350 g/mol. The maximum atomic E-state index is 12.0. The topological polar surface area (TPSA) is 93.5 Å². The first-order valence-electron chi connectivity index (χ1n) is 7.03. The molecule has 2 aromatic carbocycles. The van der Waals surface area contributed by atoms with Gasteiger partial charge in [0.2, 0.25) is 5.91 Å². The Hall–Kier alpha value is -2.80. The number of nitrogens with one attached hydrogen (secondary N) is 2. The van der Waals surface area contributed by atoms with E-state index in [0.717, 1.165) is 0 Å². The number of amides is 1. The van der Waals surface area contributed by atoms with Gasteiger partial charge in [-0.1, -0.05) is 17.7 Å². The Balaban J connectivity index is 2.03. The molecule has 0 fully saturated rings. The average Bonchev–Trinajstić information content (AvgIpc) is 2.54. The fraction of sp³-hybridized carbons (Fsp3) is 0.188. The molecule has 0 saturated heterocycles. The lowest BCUT2D eigenvalue weighted by atomic mass is 10.2. The van der Waals surface area contributed by atoms with Crippen LogP contribution in [0.5, 0.6) is 5.75 Å². The van der Waals surface area contributed by atoms with E-state index in [2.05, 4.69) is 10.6 Å². The van der Waals surface area contributed by atoms with E-state index in [9.17, 15) is 14.9 Å². The second kappa shape index (κ2) is 7.65. The summed E-state index contributed by atoms with van der Waals surface area (Å²) in [6.07, 6.45) is 0. The Bertz CT molecular complexity index is 780. The molecule has 0 heterocycles. The summed E-state index contributed by atoms with van der Waals surface area (Å²) in [6, 6.07) is 9.53. The number of nitro benzene ring substituents is 1. The smallest absolute Gasteiger partial charge is 0.274 e. The highest BCUT2D eigenvalue weighted by molar-refractivity contribution is 6.30. The molecular formula is C16H16ClN3O4. The van der Waals surface area contributed by atoms with Gasteiger partial charge in [-0.2, -0.15) is 0 Å². The van der Waals surface area contributed by atoms with Crippen molar-refractivity contribution in [2.24, 2.45) is 0 Å². The highest BCUT2D eigenvalue weighted by Crippen LogP contribution is 2.27. The van der Waals surface area contributed by atoms with Crippen LogP contribution in [0.2, 0.25) is 5.02 Å². The van der Waals surface area contributed by atoms with Crippen LogP contribution in [-0.2, 0) is 4.79 Å². The Kier molecular flexibility index (Phi) is 5.59. The van der Waals surface area contributed by atoms with Crippen LogP contribution in [0.3, 0.4) is 0 Å². The third-order valence-corrected chi connectivity index (χ3v) is 3.53. The normalized spacial score (nSPS) is 10.1. The molecular weight excluding hydrogens is 334 g/mol. The van der Waals surface area contributed by atoms with Crippen molar-refractivity contribution in [1.29, 1.82) is 0 Å². The Morgan fingerprint density at radius 2 is 2.04 bits per heavy atom. The van der Waals surface area contributed by atoms with E-state index in [4.69, 9.17) is 16.3 Å².